The van der Waals surface area contributed by atoms with Crippen LogP contribution in [0.2, 0.25) is 0 Å². The van der Waals surface area contributed by atoms with Crippen LogP contribution in [0.15, 0.2) is 24.3 Å². The molecule has 4 heteroatoms. The van der Waals surface area contributed by atoms with E-state index in [9.17, 15) is 0 Å². The van der Waals surface area contributed by atoms with Crippen LogP contribution in [0.1, 0.15) is 19.3 Å². The minimum atomic E-state index is 0.0688. The number of hydrogen-bond donors (Lipinski definition) is 1. The number of benzene rings is 1. The first kappa shape index (κ1) is 15.1. The first-order valence-corrected chi connectivity index (χ1v) is 7.38. The van der Waals surface area contributed by atoms with E-state index in [1.165, 1.54) is 12.1 Å². The fourth-order valence-electron chi connectivity index (χ4n) is 3.07. The second-order valence-corrected chi connectivity index (χ2v) is 5.84. The highest BCUT2D eigenvalue weighted by atomic mass is 16.5. The zero-order chi connectivity index (χ0) is 14.6. The zero-order valence-corrected chi connectivity index (χ0v) is 12.9. The molecule has 1 fully saturated rings. The Morgan fingerprint density at radius 2 is 1.95 bits per heavy atom. The van der Waals surface area contributed by atoms with Gasteiger partial charge in [0.2, 0.25) is 0 Å². The van der Waals surface area contributed by atoms with Crippen LogP contribution in [0.25, 0.3) is 0 Å². The van der Waals surface area contributed by atoms with Crippen molar-refractivity contribution in [2.75, 3.05) is 45.7 Å². The third-order valence-electron chi connectivity index (χ3n) is 4.69. The smallest absolute Gasteiger partial charge is 0.119 e. The van der Waals surface area contributed by atoms with Crippen molar-refractivity contribution in [3.05, 3.63) is 24.3 Å². The normalized spacial score (nSPS) is 24.2. The Kier molecular flexibility index (Phi) is 4.89. The van der Waals surface area contributed by atoms with E-state index in [0.29, 0.717) is 6.54 Å². The second-order valence-electron chi connectivity index (χ2n) is 5.84. The molecule has 4 nitrogen and oxygen atoms in total. The van der Waals surface area contributed by atoms with Crippen LogP contribution < -0.4 is 15.4 Å². The Balaban J connectivity index is 2.20. The number of nitrogens with two attached hydrogens (primary N) is 1. The fraction of sp³-hybridized carbons (Fsp3) is 0.625. The van der Waals surface area contributed by atoms with Crippen LogP contribution >= 0.6 is 0 Å². The zero-order valence-electron chi connectivity index (χ0n) is 12.9. The molecule has 2 N–H and O–H groups in total. The molecule has 1 aliphatic rings. The van der Waals surface area contributed by atoms with Gasteiger partial charge in [0.1, 0.15) is 5.75 Å². The van der Waals surface area contributed by atoms with Gasteiger partial charge in [-0.2, -0.15) is 0 Å². The average molecular weight is 277 g/mol. The molecule has 1 aromatic rings. The minimum Gasteiger partial charge on any atom is -0.497 e. The van der Waals surface area contributed by atoms with Crippen molar-refractivity contribution in [3.8, 4) is 5.75 Å². The Morgan fingerprint density at radius 3 is 2.55 bits per heavy atom. The Labute approximate surface area is 122 Å². The Hall–Kier alpha value is -1.26. The number of anilines is 1. The molecule has 1 atom stereocenters. The SMILES string of the molecule is COc1ccc(N(C)C2(CN)CCCN(C)CC2)cc1. The van der Waals surface area contributed by atoms with Gasteiger partial charge in [-0.1, -0.05) is 0 Å². The largest absolute Gasteiger partial charge is 0.497 e. The van der Waals surface area contributed by atoms with Gasteiger partial charge in [0.05, 0.1) is 12.6 Å². The van der Waals surface area contributed by atoms with E-state index in [0.717, 1.165) is 31.7 Å². The Bertz CT molecular complexity index is 420. The fourth-order valence-corrected chi connectivity index (χ4v) is 3.07. The number of methoxy groups -OCH3 is 1. The molecular formula is C16H27N3O. The van der Waals surface area contributed by atoms with Crippen molar-refractivity contribution in [1.82, 2.24) is 4.90 Å². The van der Waals surface area contributed by atoms with E-state index in [-0.39, 0.29) is 5.54 Å². The van der Waals surface area contributed by atoms with Crippen LogP contribution in [0.4, 0.5) is 5.69 Å². The van der Waals surface area contributed by atoms with Crippen molar-refractivity contribution in [2.24, 2.45) is 5.73 Å². The Morgan fingerprint density at radius 1 is 1.25 bits per heavy atom. The molecule has 0 amide bonds. The van der Waals surface area contributed by atoms with E-state index >= 15 is 0 Å². The third kappa shape index (κ3) is 3.07. The molecule has 0 bridgehead atoms. The highest BCUT2D eigenvalue weighted by molar-refractivity contribution is 5.51. The van der Waals surface area contributed by atoms with E-state index < -0.39 is 0 Å². The van der Waals surface area contributed by atoms with E-state index in [2.05, 4.69) is 36.0 Å². The quantitative estimate of drug-likeness (QED) is 0.913. The van der Waals surface area contributed by atoms with E-state index in [1.54, 1.807) is 7.11 Å². The number of hydrogen-bond acceptors (Lipinski definition) is 4. The van der Waals surface area contributed by atoms with Gasteiger partial charge < -0.3 is 20.3 Å². The average Bonchev–Trinajstić information content (AvgIpc) is 2.69. The van der Waals surface area contributed by atoms with Crippen molar-refractivity contribution >= 4 is 5.69 Å². The molecule has 0 aliphatic carbocycles. The standard InChI is InChI=1S/C16H27N3O/c1-18-11-4-9-16(13-17,10-12-18)19(2)14-5-7-15(20-3)8-6-14/h5-8H,4,9-13,17H2,1-3H3. The maximum absolute atomic E-state index is 6.16. The molecule has 20 heavy (non-hydrogen) atoms. The van der Waals surface area contributed by atoms with Gasteiger partial charge in [0, 0.05) is 25.8 Å². The van der Waals surface area contributed by atoms with Gasteiger partial charge >= 0.3 is 0 Å². The number of nitrogens with zero attached hydrogens (tertiary/aromatic N) is 2. The van der Waals surface area contributed by atoms with Gasteiger partial charge in [0.25, 0.3) is 0 Å². The molecule has 0 radical (unpaired) electrons. The summed E-state index contributed by atoms with van der Waals surface area (Å²) in [5, 5.41) is 0. The lowest BCUT2D eigenvalue weighted by molar-refractivity contribution is 0.324. The summed E-state index contributed by atoms with van der Waals surface area (Å²) in [5.74, 6) is 0.893. The van der Waals surface area contributed by atoms with Gasteiger partial charge in [-0.15, -0.1) is 0 Å². The summed E-state index contributed by atoms with van der Waals surface area (Å²) in [5.41, 5.74) is 7.44. The van der Waals surface area contributed by atoms with Gasteiger partial charge in [-0.25, -0.2) is 0 Å². The minimum absolute atomic E-state index is 0.0688. The topological polar surface area (TPSA) is 41.7 Å². The number of likely N-dealkylation sites (tertiary alicyclic amines) is 1. The lowest BCUT2D eigenvalue weighted by Gasteiger charge is -2.42. The molecular weight excluding hydrogens is 250 g/mol. The van der Waals surface area contributed by atoms with Gasteiger partial charge in [-0.3, -0.25) is 0 Å². The summed E-state index contributed by atoms with van der Waals surface area (Å²) in [6.07, 6.45) is 3.47. The molecule has 0 aromatic heterocycles. The number of likely N-dealkylation sites (N-methyl/N-ethyl adjacent to an activating group) is 1. The van der Waals surface area contributed by atoms with Crippen LogP contribution in [0.3, 0.4) is 0 Å². The highest BCUT2D eigenvalue weighted by Crippen LogP contribution is 2.32. The van der Waals surface area contributed by atoms with Crippen molar-refractivity contribution in [1.29, 1.82) is 0 Å². The maximum atomic E-state index is 6.16. The summed E-state index contributed by atoms with van der Waals surface area (Å²) in [6, 6.07) is 8.26. The molecule has 1 aromatic carbocycles. The van der Waals surface area contributed by atoms with E-state index in [4.69, 9.17) is 10.5 Å². The predicted octanol–water partition coefficient (Wildman–Crippen LogP) is 1.94. The summed E-state index contributed by atoms with van der Waals surface area (Å²) in [6.45, 7) is 2.97. The summed E-state index contributed by atoms with van der Waals surface area (Å²) in [4.78, 5) is 4.77. The number of rotatable bonds is 4. The van der Waals surface area contributed by atoms with Gasteiger partial charge in [0.15, 0.2) is 0 Å². The highest BCUT2D eigenvalue weighted by Gasteiger charge is 2.34. The maximum Gasteiger partial charge on any atom is 0.119 e. The molecule has 0 spiro atoms. The first-order valence-electron chi connectivity index (χ1n) is 7.38. The molecule has 2 rings (SSSR count). The van der Waals surface area contributed by atoms with Crippen molar-refractivity contribution in [3.63, 3.8) is 0 Å². The lowest BCUT2D eigenvalue weighted by Crippen LogP contribution is -2.53. The first-order chi connectivity index (χ1) is 9.61. The number of ether oxygens (including phenoxy) is 1. The van der Waals surface area contributed by atoms with Crippen LogP contribution in [0, 0.1) is 0 Å². The molecule has 0 saturated carbocycles. The monoisotopic (exact) mass is 277 g/mol. The lowest BCUT2D eigenvalue weighted by atomic mass is 9.88. The van der Waals surface area contributed by atoms with Gasteiger partial charge in [-0.05, 0) is 57.1 Å². The summed E-state index contributed by atoms with van der Waals surface area (Å²) >= 11 is 0. The summed E-state index contributed by atoms with van der Waals surface area (Å²) < 4.78 is 5.23. The summed E-state index contributed by atoms with van der Waals surface area (Å²) in [7, 11) is 6.06. The molecule has 112 valence electrons. The van der Waals surface area contributed by atoms with Crippen LogP contribution in [-0.4, -0.2) is 51.3 Å². The molecule has 1 aliphatic heterocycles. The molecule has 1 unspecified atom stereocenters. The second kappa shape index (κ2) is 6.46. The third-order valence-corrected chi connectivity index (χ3v) is 4.69. The van der Waals surface area contributed by atoms with Crippen LogP contribution in [-0.2, 0) is 0 Å². The van der Waals surface area contributed by atoms with Crippen LogP contribution in [0.5, 0.6) is 5.75 Å². The van der Waals surface area contributed by atoms with Crippen molar-refractivity contribution in [2.45, 2.75) is 24.8 Å². The van der Waals surface area contributed by atoms with Crippen molar-refractivity contribution < 1.29 is 4.74 Å². The predicted molar refractivity (Wildman–Crippen MR) is 84.5 cm³/mol. The van der Waals surface area contributed by atoms with E-state index in [1.807, 2.05) is 12.1 Å². The molecule has 1 heterocycles. The molecule has 1 saturated heterocycles.